The van der Waals surface area contributed by atoms with Gasteiger partial charge in [0.05, 0.1) is 25.1 Å². The third-order valence-corrected chi connectivity index (χ3v) is 11.3. The SMILES string of the molecule is O=S(=O)(NC1CCN(S(=O)(=O)c2ccccc2)CC1)c1cc(S(=O)(=O)c2ccccc2)ccc1C(F)(F)F. The second kappa shape index (κ2) is 10.4. The molecular weight excluding hydrogens is 565 g/mol. The van der Waals surface area contributed by atoms with Crippen LogP contribution in [0.4, 0.5) is 13.2 Å². The van der Waals surface area contributed by atoms with E-state index < -0.39 is 57.5 Å². The molecule has 0 aliphatic carbocycles. The van der Waals surface area contributed by atoms with Crippen LogP contribution in [0.5, 0.6) is 0 Å². The van der Waals surface area contributed by atoms with Gasteiger partial charge in [-0.1, -0.05) is 36.4 Å². The highest BCUT2D eigenvalue weighted by Gasteiger charge is 2.39. The molecule has 1 N–H and O–H groups in total. The standard InChI is InChI=1S/C24H23F3N2O6S3/c25-24(26,27)22-12-11-21(36(30,31)19-7-3-1-4-8-19)17-23(22)37(32,33)28-18-13-15-29(16-14-18)38(34,35)20-9-5-2-6-10-20/h1-12,17-18,28H,13-16H2. The number of hydrogen-bond donors (Lipinski definition) is 1. The van der Waals surface area contributed by atoms with Crippen LogP contribution in [0.3, 0.4) is 0 Å². The number of benzene rings is 3. The molecule has 0 aromatic heterocycles. The van der Waals surface area contributed by atoms with E-state index in [0.29, 0.717) is 12.1 Å². The topological polar surface area (TPSA) is 118 Å². The van der Waals surface area contributed by atoms with Crippen molar-refractivity contribution in [2.45, 2.75) is 44.6 Å². The zero-order valence-corrected chi connectivity index (χ0v) is 22.1. The third kappa shape index (κ3) is 5.78. The summed E-state index contributed by atoms with van der Waals surface area (Å²) in [6.45, 7) is -0.113. The minimum Gasteiger partial charge on any atom is -0.219 e. The quantitative estimate of drug-likeness (QED) is 0.450. The van der Waals surface area contributed by atoms with E-state index in [9.17, 15) is 38.4 Å². The lowest BCUT2D eigenvalue weighted by Crippen LogP contribution is -2.46. The maximum atomic E-state index is 13.7. The van der Waals surface area contributed by atoms with Crippen molar-refractivity contribution in [2.75, 3.05) is 13.1 Å². The number of sulfone groups is 1. The van der Waals surface area contributed by atoms with Crippen molar-refractivity contribution in [1.29, 1.82) is 0 Å². The molecule has 3 aromatic rings. The van der Waals surface area contributed by atoms with Gasteiger partial charge in [0, 0.05) is 19.1 Å². The van der Waals surface area contributed by atoms with Crippen molar-refractivity contribution in [3.05, 3.63) is 84.4 Å². The Morgan fingerprint density at radius 2 is 1.24 bits per heavy atom. The molecule has 0 atom stereocenters. The van der Waals surface area contributed by atoms with E-state index in [1.165, 1.54) is 40.7 Å². The van der Waals surface area contributed by atoms with Crippen LogP contribution in [0.25, 0.3) is 0 Å². The summed E-state index contributed by atoms with van der Waals surface area (Å²) in [5.41, 5.74) is -1.51. The molecule has 8 nitrogen and oxygen atoms in total. The summed E-state index contributed by atoms with van der Waals surface area (Å²) in [5, 5.41) is 0. The normalized spacial score (nSPS) is 16.4. The summed E-state index contributed by atoms with van der Waals surface area (Å²) in [6, 6.07) is 15.4. The van der Waals surface area contributed by atoms with Crippen LogP contribution >= 0.6 is 0 Å². The summed E-state index contributed by atoms with van der Waals surface area (Å²) >= 11 is 0. The van der Waals surface area contributed by atoms with Gasteiger partial charge in [-0.15, -0.1) is 0 Å². The molecule has 0 saturated carbocycles. The third-order valence-electron chi connectivity index (χ3n) is 6.07. The Labute approximate surface area is 219 Å². The van der Waals surface area contributed by atoms with Gasteiger partial charge in [0.25, 0.3) is 0 Å². The first-order valence-electron chi connectivity index (χ1n) is 11.3. The zero-order valence-electron chi connectivity index (χ0n) is 19.7. The predicted octanol–water partition coefficient (Wildman–Crippen LogP) is 3.67. The fourth-order valence-corrected chi connectivity index (χ4v) is 8.53. The van der Waals surface area contributed by atoms with Gasteiger partial charge >= 0.3 is 6.18 Å². The van der Waals surface area contributed by atoms with E-state index in [1.54, 1.807) is 24.3 Å². The monoisotopic (exact) mass is 588 g/mol. The van der Waals surface area contributed by atoms with E-state index in [-0.39, 0.29) is 35.7 Å². The maximum absolute atomic E-state index is 13.7. The van der Waals surface area contributed by atoms with E-state index >= 15 is 0 Å². The number of piperidine rings is 1. The Balaban J connectivity index is 1.60. The molecular formula is C24H23F3N2O6S3. The number of nitrogens with one attached hydrogen (secondary N) is 1. The predicted molar refractivity (Wildman–Crippen MR) is 132 cm³/mol. The smallest absolute Gasteiger partial charge is 0.219 e. The highest BCUT2D eigenvalue weighted by Crippen LogP contribution is 2.36. The molecule has 204 valence electrons. The van der Waals surface area contributed by atoms with Gasteiger partial charge in [-0.2, -0.15) is 17.5 Å². The number of sulfonamides is 2. The van der Waals surface area contributed by atoms with Gasteiger partial charge in [0.2, 0.25) is 29.9 Å². The van der Waals surface area contributed by atoms with Crippen LogP contribution in [0.2, 0.25) is 0 Å². The average Bonchev–Trinajstić information content (AvgIpc) is 2.89. The Hall–Kier alpha value is -2.78. The summed E-state index contributed by atoms with van der Waals surface area (Å²) < 4.78 is 122. The van der Waals surface area contributed by atoms with Gasteiger partial charge in [-0.3, -0.25) is 0 Å². The van der Waals surface area contributed by atoms with Crippen molar-refractivity contribution in [2.24, 2.45) is 0 Å². The van der Waals surface area contributed by atoms with Crippen molar-refractivity contribution < 1.29 is 38.4 Å². The largest absolute Gasteiger partial charge is 0.417 e. The lowest BCUT2D eigenvalue weighted by molar-refractivity contribution is -0.139. The molecule has 3 aromatic carbocycles. The van der Waals surface area contributed by atoms with Gasteiger partial charge < -0.3 is 0 Å². The van der Waals surface area contributed by atoms with Gasteiger partial charge in [-0.25, -0.2) is 30.0 Å². The first-order valence-corrected chi connectivity index (χ1v) is 15.7. The number of rotatable bonds is 7. The Morgan fingerprint density at radius 1 is 0.711 bits per heavy atom. The van der Waals surface area contributed by atoms with Crippen molar-refractivity contribution >= 4 is 29.9 Å². The number of halogens is 3. The molecule has 38 heavy (non-hydrogen) atoms. The van der Waals surface area contributed by atoms with Crippen molar-refractivity contribution in [3.63, 3.8) is 0 Å². The number of nitrogens with zero attached hydrogens (tertiary/aromatic N) is 1. The highest BCUT2D eigenvalue weighted by molar-refractivity contribution is 7.91. The maximum Gasteiger partial charge on any atom is 0.417 e. The zero-order chi connectivity index (χ0) is 27.8. The average molecular weight is 589 g/mol. The Kier molecular flexibility index (Phi) is 7.74. The van der Waals surface area contributed by atoms with Gasteiger partial charge in [-0.05, 0) is 55.3 Å². The molecule has 0 radical (unpaired) electrons. The molecule has 0 unspecified atom stereocenters. The van der Waals surface area contributed by atoms with Crippen LogP contribution in [0, 0.1) is 0 Å². The second-order valence-corrected chi connectivity index (χ2v) is 14.2. The lowest BCUT2D eigenvalue weighted by atomic mass is 10.1. The molecule has 14 heteroatoms. The van der Waals surface area contributed by atoms with Crippen molar-refractivity contribution in [3.8, 4) is 0 Å². The minimum atomic E-state index is -5.08. The van der Waals surface area contributed by atoms with E-state index in [0.717, 1.165) is 6.07 Å². The van der Waals surface area contributed by atoms with E-state index in [1.807, 2.05) is 0 Å². The van der Waals surface area contributed by atoms with Crippen LogP contribution in [-0.4, -0.2) is 48.7 Å². The van der Waals surface area contributed by atoms with E-state index in [4.69, 9.17) is 0 Å². The molecule has 1 aliphatic rings. The highest BCUT2D eigenvalue weighted by atomic mass is 32.2. The van der Waals surface area contributed by atoms with Crippen LogP contribution < -0.4 is 4.72 Å². The van der Waals surface area contributed by atoms with Crippen LogP contribution in [0.1, 0.15) is 18.4 Å². The molecule has 1 saturated heterocycles. The summed E-state index contributed by atoms with van der Waals surface area (Å²) in [7, 11) is -13.0. The molecule has 1 fully saturated rings. The molecule has 0 spiro atoms. The molecule has 1 aliphatic heterocycles. The Bertz CT molecular complexity index is 1620. The second-order valence-electron chi connectivity index (χ2n) is 8.58. The number of hydrogen-bond acceptors (Lipinski definition) is 6. The minimum absolute atomic E-state index is 0.00858. The number of alkyl halides is 3. The van der Waals surface area contributed by atoms with Gasteiger partial charge in [0.15, 0.2) is 0 Å². The van der Waals surface area contributed by atoms with Gasteiger partial charge in [0.1, 0.15) is 0 Å². The first kappa shape index (κ1) is 28.2. The van der Waals surface area contributed by atoms with E-state index in [2.05, 4.69) is 4.72 Å². The summed E-state index contributed by atoms with van der Waals surface area (Å²) in [5.74, 6) is 0. The fourth-order valence-electron chi connectivity index (χ4n) is 4.10. The Morgan fingerprint density at radius 3 is 1.76 bits per heavy atom. The van der Waals surface area contributed by atoms with Crippen molar-refractivity contribution in [1.82, 2.24) is 9.03 Å². The molecule has 0 bridgehead atoms. The lowest BCUT2D eigenvalue weighted by Gasteiger charge is -2.31. The first-order chi connectivity index (χ1) is 17.7. The van der Waals surface area contributed by atoms with Crippen LogP contribution in [-0.2, 0) is 36.1 Å². The molecule has 4 rings (SSSR count). The molecule has 0 amide bonds. The fraction of sp³-hybridized carbons (Fsp3) is 0.250. The molecule has 1 heterocycles. The summed E-state index contributed by atoms with van der Waals surface area (Å²) in [4.78, 5) is -1.96. The van der Waals surface area contributed by atoms with Crippen LogP contribution in [0.15, 0.2) is 98.4 Å². The summed E-state index contributed by atoms with van der Waals surface area (Å²) in [6.07, 6.45) is -5.06.